The Morgan fingerprint density at radius 1 is 1.14 bits per heavy atom. The molecular formula is C14H24N2O5. The lowest BCUT2D eigenvalue weighted by Gasteiger charge is -2.39. The van der Waals surface area contributed by atoms with E-state index in [0.29, 0.717) is 45.4 Å². The molecule has 120 valence electrons. The fourth-order valence-electron chi connectivity index (χ4n) is 2.91. The van der Waals surface area contributed by atoms with E-state index in [0.717, 1.165) is 0 Å². The highest BCUT2D eigenvalue weighted by Gasteiger charge is 2.31. The maximum absolute atomic E-state index is 12.4. The summed E-state index contributed by atoms with van der Waals surface area (Å²) in [5, 5.41) is 18.3. The van der Waals surface area contributed by atoms with E-state index >= 15 is 0 Å². The zero-order valence-corrected chi connectivity index (χ0v) is 12.4. The van der Waals surface area contributed by atoms with Crippen LogP contribution in [0.5, 0.6) is 0 Å². The number of aliphatic carboxylic acids is 1. The number of carbonyl (C=O) groups excluding carboxylic acids is 1. The zero-order valence-electron chi connectivity index (χ0n) is 12.4. The average molecular weight is 300 g/mol. The smallest absolute Gasteiger partial charge is 0.329 e. The number of hydrogen-bond acceptors (Lipinski definition) is 4. The maximum Gasteiger partial charge on any atom is 0.329 e. The molecule has 0 saturated carbocycles. The highest BCUT2D eigenvalue weighted by atomic mass is 16.5. The first-order chi connectivity index (χ1) is 9.97. The Morgan fingerprint density at radius 3 is 2.33 bits per heavy atom. The van der Waals surface area contributed by atoms with Crippen molar-refractivity contribution in [3.05, 3.63) is 0 Å². The molecule has 2 heterocycles. The number of urea groups is 1. The van der Waals surface area contributed by atoms with Gasteiger partial charge in [0.05, 0.1) is 12.2 Å². The standard InChI is InChI=1S/C14H24N2O5/c1-10-8-16(7-4-12(10)17)14(20)15-5-2-11(3-6-15)21-9-13(18)19/h10-12,17H,2-9H2,1H3,(H,18,19). The number of carbonyl (C=O) groups is 2. The molecule has 0 bridgehead atoms. The molecule has 2 unspecified atom stereocenters. The third-order valence-electron chi connectivity index (χ3n) is 4.29. The second-order valence-electron chi connectivity index (χ2n) is 5.95. The summed E-state index contributed by atoms with van der Waals surface area (Å²) < 4.78 is 5.26. The fraction of sp³-hybridized carbons (Fsp3) is 0.857. The first kappa shape index (κ1) is 16.0. The minimum Gasteiger partial charge on any atom is -0.480 e. The van der Waals surface area contributed by atoms with Crippen LogP contribution in [0, 0.1) is 5.92 Å². The van der Waals surface area contributed by atoms with E-state index in [9.17, 15) is 14.7 Å². The molecule has 0 spiro atoms. The number of carboxylic acid groups (broad SMARTS) is 1. The second-order valence-corrected chi connectivity index (χ2v) is 5.95. The maximum atomic E-state index is 12.4. The van der Waals surface area contributed by atoms with Gasteiger partial charge in [0.1, 0.15) is 6.61 Å². The molecule has 2 aliphatic heterocycles. The Morgan fingerprint density at radius 2 is 1.76 bits per heavy atom. The number of piperidine rings is 2. The fourth-order valence-corrected chi connectivity index (χ4v) is 2.91. The number of aliphatic hydroxyl groups excluding tert-OH is 1. The number of rotatable bonds is 3. The zero-order chi connectivity index (χ0) is 15.4. The van der Waals surface area contributed by atoms with Crippen LogP contribution in [-0.2, 0) is 9.53 Å². The second kappa shape index (κ2) is 7.09. The topological polar surface area (TPSA) is 90.3 Å². The molecule has 2 atom stereocenters. The summed E-state index contributed by atoms with van der Waals surface area (Å²) in [5.74, 6) is -0.853. The molecule has 21 heavy (non-hydrogen) atoms. The molecule has 2 rings (SSSR count). The molecule has 7 nitrogen and oxygen atoms in total. The number of ether oxygens (including phenoxy) is 1. The van der Waals surface area contributed by atoms with Gasteiger partial charge in [-0.2, -0.15) is 0 Å². The van der Waals surface area contributed by atoms with Crippen molar-refractivity contribution < 1.29 is 24.5 Å². The van der Waals surface area contributed by atoms with Crippen molar-refractivity contribution in [3.8, 4) is 0 Å². The molecule has 2 fully saturated rings. The van der Waals surface area contributed by atoms with Crippen LogP contribution in [-0.4, -0.2) is 77.0 Å². The largest absolute Gasteiger partial charge is 0.480 e. The SMILES string of the molecule is CC1CN(C(=O)N2CCC(OCC(=O)O)CC2)CCC1O. The quantitative estimate of drug-likeness (QED) is 0.786. The van der Waals surface area contributed by atoms with Gasteiger partial charge < -0.3 is 24.7 Å². The van der Waals surface area contributed by atoms with Crippen molar-refractivity contribution in [1.29, 1.82) is 0 Å². The third-order valence-corrected chi connectivity index (χ3v) is 4.29. The molecular weight excluding hydrogens is 276 g/mol. The summed E-state index contributed by atoms with van der Waals surface area (Å²) >= 11 is 0. The summed E-state index contributed by atoms with van der Waals surface area (Å²) in [6.07, 6.45) is 1.58. The Kier molecular flexibility index (Phi) is 5.41. The van der Waals surface area contributed by atoms with E-state index in [-0.39, 0.29) is 30.8 Å². The van der Waals surface area contributed by atoms with E-state index in [1.165, 1.54) is 0 Å². The number of likely N-dealkylation sites (tertiary alicyclic amines) is 2. The van der Waals surface area contributed by atoms with Gasteiger partial charge in [-0.15, -0.1) is 0 Å². The molecule has 0 aromatic carbocycles. The van der Waals surface area contributed by atoms with E-state index < -0.39 is 5.97 Å². The summed E-state index contributed by atoms with van der Waals surface area (Å²) in [4.78, 5) is 26.5. The molecule has 2 aliphatic rings. The normalized spacial score (nSPS) is 27.7. The van der Waals surface area contributed by atoms with Crippen LogP contribution < -0.4 is 0 Å². The highest BCUT2D eigenvalue weighted by Crippen LogP contribution is 2.20. The van der Waals surface area contributed by atoms with Gasteiger partial charge in [-0.25, -0.2) is 9.59 Å². The van der Waals surface area contributed by atoms with E-state index in [4.69, 9.17) is 9.84 Å². The van der Waals surface area contributed by atoms with Gasteiger partial charge >= 0.3 is 12.0 Å². The minimum absolute atomic E-state index is 0.0189. The Labute approximate surface area is 124 Å². The lowest BCUT2D eigenvalue weighted by molar-refractivity contribution is -0.145. The van der Waals surface area contributed by atoms with Crippen LogP contribution in [0.25, 0.3) is 0 Å². The summed E-state index contributed by atoms with van der Waals surface area (Å²) in [5.41, 5.74) is 0. The summed E-state index contributed by atoms with van der Waals surface area (Å²) in [6.45, 7) is 4.05. The van der Waals surface area contributed by atoms with Gasteiger partial charge in [-0.05, 0) is 25.2 Å². The van der Waals surface area contributed by atoms with Crippen molar-refractivity contribution >= 4 is 12.0 Å². The number of hydrogen-bond donors (Lipinski definition) is 2. The van der Waals surface area contributed by atoms with Crippen LogP contribution in [0.2, 0.25) is 0 Å². The van der Waals surface area contributed by atoms with Crippen LogP contribution >= 0.6 is 0 Å². The van der Waals surface area contributed by atoms with Gasteiger partial charge in [0.25, 0.3) is 0 Å². The monoisotopic (exact) mass is 300 g/mol. The van der Waals surface area contributed by atoms with Gasteiger partial charge in [-0.1, -0.05) is 6.92 Å². The number of amides is 2. The van der Waals surface area contributed by atoms with Gasteiger partial charge in [-0.3, -0.25) is 0 Å². The predicted molar refractivity (Wildman–Crippen MR) is 74.9 cm³/mol. The molecule has 7 heteroatoms. The highest BCUT2D eigenvalue weighted by molar-refractivity contribution is 5.74. The average Bonchev–Trinajstić information content (AvgIpc) is 2.48. The van der Waals surface area contributed by atoms with Crippen molar-refractivity contribution in [1.82, 2.24) is 9.80 Å². The molecule has 2 amide bonds. The van der Waals surface area contributed by atoms with Gasteiger partial charge in [0, 0.05) is 26.2 Å². The minimum atomic E-state index is -0.964. The van der Waals surface area contributed by atoms with Crippen LogP contribution in [0.15, 0.2) is 0 Å². The van der Waals surface area contributed by atoms with E-state index in [1.807, 2.05) is 6.92 Å². The Balaban J connectivity index is 1.76. The number of aliphatic hydroxyl groups is 1. The molecule has 2 saturated heterocycles. The summed E-state index contributed by atoms with van der Waals surface area (Å²) in [6, 6.07) is 0.0189. The lowest BCUT2D eigenvalue weighted by atomic mass is 9.97. The Hall–Kier alpha value is -1.34. The predicted octanol–water partition coefficient (Wildman–Crippen LogP) is 0.375. The van der Waals surface area contributed by atoms with E-state index in [2.05, 4.69) is 0 Å². The van der Waals surface area contributed by atoms with Crippen molar-refractivity contribution in [3.63, 3.8) is 0 Å². The number of nitrogens with zero attached hydrogens (tertiary/aromatic N) is 2. The first-order valence-corrected chi connectivity index (χ1v) is 7.52. The Bertz CT molecular complexity index is 382. The van der Waals surface area contributed by atoms with E-state index in [1.54, 1.807) is 9.80 Å². The first-order valence-electron chi connectivity index (χ1n) is 7.52. The van der Waals surface area contributed by atoms with Crippen molar-refractivity contribution in [2.45, 2.75) is 38.4 Å². The third kappa shape index (κ3) is 4.31. The van der Waals surface area contributed by atoms with Gasteiger partial charge in [0.15, 0.2) is 0 Å². The van der Waals surface area contributed by atoms with Crippen LogP contribution in [0.1, 0.15) is 26.2 Å². The summed E-state index contributed by atoms with van der Waals surface area (Å²) in [7, 11) is 0. The van der Waals surface area contributed by atoms with Crippen LogP contribution in [0.3, 0.4) is 0 Å². The van der Waals surface area contributed by atoms with Crippen molar-refractivity contribution in [2.24, 2.45) is 5.92 Å². The molecule has 0 radical (unpaired) electrons. The molecule has 0 aromatic rings. The molecule has 2 N–H and O–H groups in total. The van der Waals surface area contributed by atoms with Crippen molar-refractivity contribution in [2.75, 3.05) is 32.8 Å². The lowest BCUT2D eigenvalue weighted by Crippen LogP contribution is -2.52. The van der Waals surface area contributed by atoms with Crippen LogP contribution in [0.4, 0.5) is 4.79 Å². The number of carboxylic acids is 1. The molecule has 0 aromatic heterocycles. The molecule has 0 aliphatic carbocycles. The van der Waals surface area contributed by atoms with Gasteiger partial charge in [0.2, 0.25) is 0 Å².